The first-order chi connectivity index (χ1) is 9.65. The summed E-state index contributed by atoms with van der Waals surface area (Å²) in [6.07, 6.45) is 0.952. The zero-order chi connectivity index (χ0) is 14.1. The summed E-state index contributed by atoms with van der Waals surface area (Å²) >= 11 is 0. The molecule has 0 aliphatic heterocycles. The molecular weight excluding hydrogens is 256 g/mol. The molecule has 7 nitrogen and oxygen atoms in total. The molecule has 20 heavy (non-hydrogen) atoms. The smallest absolute Gasteiger partial charge is 0.278 e. The molecule has 3 aromatic rings. The second-order valence-corrected chi connectivity index (χ2v) is 4.41. The van der Waals surface area contributed by atoms with Gasteiger partial charge in [0.25, 0.3) is 5.56 Å². The Morgan fingerprint density at radius 1 is 1.30 bits per heavy atom. The minimum absolute atomic E-state index is 0.0496. The molecule has 0 aliphatic carbocycles. The zero-order valence-corrected chi connectivity index (χ0v) is 10.9. The van der Waals surface area contributed by atoms with Gasteiger partial charge in [0.15, 0.2) is 11.2 Å². The van der Waals surface area contributed by atoms with Crippen LogP contribution in [0, 0.1) is 0 Å². The molecule has 5 N–H and O–H groups in total. The van der Waals surface area contributed by atoms with Gasteiger partial charge < -0.3 is 16.0 Å². The largest absolute Gasteiger partial charge is 0.369 e. The van der Waals surface area contributed by atoms with E-state index in [4.69, 9.17) is 5.73 Å². The molecule has 0 saturated carbocycles. The summed E-state index contributed by atoms with van der Waals surface area (Å²) in [5.41, 5.74) is 7.85. The van der Waals surface area contributed by atoms with Crippen molar-refractivity contribution in [2.45, 2.75) is 13.3 Å². The topological polar surface area (TPSA) is 112 Å². The van der Waals surface area contributed by atoms with Gasteiger partial charge in [-0.1, -0.05) is 19.1 Å². The number of nitrogens with zero attached hydrogens (tertiary/aromatic N) is 2. The number of aromatic nitrogens is 4. The molecule has 0 radical (unpaired) electrons. The zero-order valence-electron chi connectivity index (χ0n) is 10.9. The van der Waals surface area contributed by atoms with Gasteiger partial charge in [0, 0.05) is 5.69 Å². The number of hydrogen-bond donors (Lipinski definition) is 4. The maximum absolute atomic E-state index is 11.7. The predicted molar refractivity (Wildman–Crippen MR) is 78.0 cm³/mol. The van der Waals surface area contributed by atoms with Crippen LogP contribution in [0.1, 0.15) is 12.5 Å². The van der Waals surface area contributed by atoms with Crippen LogP contribution in [0.25, 0.3) is 11.2 Å². The van der Waals surface area contributed by atoms with Gasteiger partial charge in [0.1, 0.15) is 0 Å². The van der Waals surface area contributed by atoms with Crippen molar-refractivity contribution < 1.29 is 0 Å². The van der Waals surface area contributed by atoms with Crippen LogP contribution >= 0.6 is 0 Å². The fourth-order valence-electron chi connectivity index (χ4n) is 1.99. The molecular formula is C13H14N6O. The predicted octanol–water partition coefficient (Wildman–Crippen LogP) is 1.53. The van der Waals surface area contributed by atoms with Gasteiger partial charge in [-0.15, -0.1) is 0 Å². The molecule has 2 aromatic heterocycles. The van der Waals surface area contributed by atoms with Crippen molar-refractivity contribution in [3.63, 3.8) is 0 Å². The standard InChI is InChI=1S/C13H14N6O/c1-2-7-4-3-5-8(6-7)15-13-16-9-10(18-13)17-12(14)19-11(9)20/h3-6H,2H2,1H3,(H5,14,15,16,17,18,19,20). The Hall–Kier alpha value is -2.83. The van der Waals surface area contributed by atoms with E-state index in [0.29, 0.717) is 17.1 Å². The molecule has 1 aromatic carbocycles. The highest BCUT2D eigenvalue weighted by molar-refractivity contribution is 5.74. The normalized spacial score (nSPS) is 10.8. The maximum atomic E-state index is 11.7. The Bertz CT molecular complexity index is 819. The lowest BCUT2D eigenvalue weighted by molar-refractivity contribution is 1.14. The third kappa shape index (κ3) is 2.20. The lowest BCUT2D eigenvalue weighted by Gasteiger charge is -2.04. The summed E-state index contributed by atoms with van der Waals surface area (Å²) < 4.78 is 0. The van der Waals surface area contributed by atoms with E-state index in [9.17, 15) is 4.79 Å². The van der Waals surface area contributed by atoms with Crippen LogP contribution in [0.2, 0.25) is 0 Å². The van der Waals surface area contributed by atoms with Gasteiger partial charge in [0.2, 0.25) is 11.9 Å². The fourth-order valence-corrected chi connectivity index (χ4v) is 1.99. The number of hydrogen-bond acceptors (Lipinski definition) is 5. The van der Waals surface area contributed by atoms with Crippen molar-refractivity contribution in [3.05, 3.63) is 40.2 Å². The molecule has 7 heteroatoms. The van der Waals surface area contributed by atoms with Gasteiger partial charge >= 0.3 is 0 Å². The van der Waals surface area contributed by atoms with Crippen LogP contribution in [0.15, 0.2) is 29.1 Å². The molecule has 0 atom stereocenters. The van der Waals surface area contributed by atoms with E-state index < -0.39 is 0 Å². The number of nitrogens with two attached hydrogens (primary N) is 1. The summed E-state index contributed by atoms with van der Waals surface area (Å²) in [4.78, 5) is 25.2. The van der Waals surface area contributed by atoms with Crippen LogP contribution in [0.3, 0.4) is 0 Å². The van der Waals surface area contributed by atoms with Crippen LogP contribution in [0.4, 0.5) is 17.6 Å². The monoisotopic (exact) mass is 270 g/mol. The molecule has 0 bridgehead atoms. The highest BCUT2D eigenvalue weighted by Gasteiger charge is 2.08. The van der Waals surface area contributed by atoms with Gasteiger partial charge in [-0.3, -0.25) is 9.78 Å². The molecule has 0 fully saturated rings. The number of aryl methyl sites for hydroxylation is 1. The number of aromatic amines is 2. The Kier molecular flexibility index (Phi) is 2.86. The Labute approximate surface area is 114 Å². The fraction of sp³-hybridized carbons (Fsp3) is 0.154. The van der Waals surface area contributed by atoms with Crippen molar-refractivity contribution >= 4 is 28.7 Å². The minimum atomic E-state index is -0.338. The van der Waals surface area contributed by atoms with E-state index in [1.165, 1.54) is 5.56 Å². The van der Waals surface area contributed by atoms with Crippen LogP contribution in [0.5, 0.6) is 0 Å². The Morgan fingerprint density at radius 3 is 2.95 bits per heavy atom. The van der Waals surface area contributed by atoms with Gasteiger partial charge in [0.05, 0.1) is 0 Å². The number of imidazole rings is 1. The van der Waals surface area contributed by atoms with Gasteiger partial charge in [-0.25, -0.2) is 0 Å². The number of rotatable bonds is 3. The van der Waals surface area contributed by atoms with Crippen LogP contribution < -0.4 is 16.6 Å². The third-order valence-corrected chi connectivity index (χ3v) is 2.98. The Morgan fingerprint density at radius 2 is 2.15 bits per heavy atom. The van der Waals surface area contributed by atoms with Crippen molar-refractivity contribution in [2.75, 3.05) is 11.1 Å². The van der Waals surface area contributed by atoms with Gasteiger partial charge in [-0.2, -0.15) is 9.97 Å². The summed E-state index contributed by atoms with van der Waals surface area (Å²) in [6.45, 7) is 2.09. The van der Waals surface area contributed by atoms with Crippen LogP contribution in [-0.2, 0) is 6.42 Å². The summed E-state index contributed by atoms with van der Waals surface area (Å²) in [5, 5.41) is 3.11. The van der Waals surface area contributed by atoms with E-state index in [1.54, 1.807) is 0 Å². The Balaban J connectivity index is 1.98. The van der Waals surface area contributed by atoms with Crippen molar-refractivity contribution in [3.8, 4) is 0 Å². The minimum Gasteiger partial charge on any atom is -0.369 e. The van der Waals surface area contributed by atoms with Crippen molar-refractivity contribution in [2.24, 2.45) is 0 Å². The van der Waals surface area contributed by atoms with E-state index in [1.807, 2.05) is 18.2 Å². The molecule has 0 saturated heterocycles. The first-order valence-electron chi connectivity index (χ1n) is 6.27. The molecule has 3 rings (SSSR count). The number of nitrogens with one attached hydrogen (secondary N) is 3. The number of fused-ring (bicyclic) bond motifs is 1. The second-order valence-electron chi connectivity index (χ2n) is 4.41. The van der Waals surface area contributed by atoms with Crippen LogP contribution in [-0.4, -0.2) is 19.9 Å². The van der Waals surface area contributed by atoms with Crippen molar-refractivity contribution in [1.29, 1.82) is 0 Å². The quantitative estimate of drug-likeness (QED) is 0.576. The molecule has 0 amide bonds. The molecule has 0 unspecified atom stereocenters. The van der Waals surface area contributed by atoms with Crippen molar-refractivity contribution in [1.82, 2.24) is 19.9 Å². The third-order valence-electron chi connectivity index (χ3n) is 2.98. The number of anilines is 3. The summed E-state index contributed by atoms with van der Waals surface area (Å²) in [5.74, 6) is 0.505. The summed E-state index contributed by atoms with van der Waals surface area (Å²) in [7, 11) is 0. The highest BCUT2D eigenvalue weighted by atomic mass is 16.1. The van der Waals surface area contributed by atoms with E-state index in [-0.39, 0.29) is 11.5 Å². The first kappa shape index (κ1) is 12.2. The van der Waals surface area contributed by atoms with E-state index in [2.05, 4.69) is 38.2 Å². The summed E-state index contributed by atoms with van der Waals surface area (Å²) in [6, 6.07) is 7.97. The van der Waals surface area contributed by atoms with E-state index in [0.717, 1.165) is 12.1 Å². The molecule has 2 heterocycles. The molecule has 0 aliphatic rings. The van der Waals surface area contributed by atoms with E-state index >= 15 is 0 Å². The average Bonchev–Trinajstić information content (AvgIpc) is 2.81. The number of H-pyrrole nitrogens is 2. The SMILES string of the molecule is CCc1cccc(Nc2nc3nc(N)[nH]c(=O)c3[nH]2)c1. The second kappa shape index (κ2) is 4.69. The number of benzene rings is 1. The molecule has 102 valence electrons. The average molecular weight is 270 g/mol. The highest BCUT2D eigenvalue weighted by Crippen LogP contribution is 2.17. The molecule has 0 spiro atoms. The van der Waals surface area contributed by atoms with Gasteiger partial charge in [-0.05, 0) is 24.1 Å². The first-order valence-corrected chi connectivity index (χ1v) is 6.27. The number of nitrogen functional groups attached to an aromatic ring is 1. The maximum Gasteiger partial charge on any atom is 0.278 e. The lowest BCUT2D eigenvalue weighted by atomic mass is 10.1. The lowest BCUT2D eigenvalue weighted by Crippen LogP contribution is -2.10.